The molecule has 1 amide bonds. The van der Waals surface area contributed by atoms with E-state index in [0.29, 0.717) is 17.9 Å². The Morgan fingerprint density at radius 3 is 2.70 bits per heavy atom. The van der Waals surface area contributed by atoms with Crippen LogP contribution in [0, 0.1) is 16.0 Å². The Kier molecular flexibility index (Phi) is 5.31. The smallest absolute Gasteiger partial charge is 0.230 e. The number of fused-ring (bicyclic) bond motifs is 1. The molecule has 30 heavy (non-hydrogen) atoms. The monoisotopic (exact) mass is 409 g/mol. The van der Waals surface area contributed by atoms with Gasteiger partial charge in [0.25, 0.3) is 0 Å². The van der Waals surface area contributed by atoms with Gasteiger partial charge in [0.05, 0.1) is 14.2 Å². The van der Waals surface area contributed by atoms with Crippen LogP contribution in [0.3, 0.4) is 0 Å². The molecule has 8 heteroatoms. The number of amides is 1. The number of ether oxygens (including phenoxy) is 2. The SMILES string of the molecule is COc1cccc(C(CNC(=O)C2CC2[N+](=O)[O-])c2c[nH]c3ccccc23)c1OC. The minimum atomic E-state index is -0.775. The fourth-order valence-corrected chi connectivity index (χ4v) is 3.99. The van der Waals surface area contributed by atoms with Crippen LogP contribution in [0.25, 0.3) is 10.9 Å². The van der Waals surface area contributed by atoms with Crippen LogP contribution < -0.4 is 14.8 Å². The Morgan fingerprint density at radius 1 is 1.20 bits per heavy atom. The highest BCUT2D eigenvalue weighted by atomic mass is 16.6. The molecule has 1 aliphatic rings. The first-order valence-corrected chi connectivity index (χ1v) is 9.73. The number of nitrogens with one attached hydrogen (secondary N) is 2. The van der Waals surface area contributed by atoms with E-state index in [4.69, 9.17) is 9.47 Å². The van der Waals surface area contributed by atoms with Gasteiger partial charge < -0.3 is 19.8 Å². The van der Waals surface area contributed by atoms with E-state index in [2.05, 4.69) is 10.3 Å². The zero-order valence-electron chi connectivity index (χ0n) is 16.8. The minimum absolute atomic E-state index is 0.233. The Labute approximate surface area is 173 Å². The molecule has 3 aromatic rings. The highest BCUT2D eigenvalue weighted by molar-refractivity contribution is 5.85. The number of methoxy groups -OCH3 is 2. The highest BCUT2D eigenvalue weighted by Crippen LogP contribution is 2.40. The van der Waals surface area contributed by atoms with E-state index >= 15 is 0 Å². The van der Waals surface area contributed by atoms with Crippen molar-refractivity contribution in [2.24, 2.45) is 5.92 Å². The Bertz CT molecular complexity index is 1090. The maximum atomic E-state index is 12.5. The van der Waals surface area contributed by atoms with Crippen LogP contribution in [0.1, 0.15) is 23.5 Å². The maximum Gasteiger partial charge on any atom is 0.230 e. The zero-order chi connectivity index (χ0) is 21.3. The van der Waals surface area contributed by atoms with Crippen LogP contribution in [-0.4, -0.2) is 42.6 Å². The number of rotatable bonds is 8. The molecule has 4 rings (SSSR count). The predicted octanol–water partition coefficient (Wildman–Crippen LogP) is 3.10. The molecule has 0 radical (unpaired) electrons. The first-order valence-electron chi connectivity index (χ1n) is 9.73. The highest BCUT2D eigenvalue weighted by Gasteiger charge is 2.53. The van der Waals surface area contributed by atoms with Crippen LogP contribution in [0.15, 0.2) is 48.7 Å². The summed E-state index contributed by atoms with van der Waals surface area (Å²) in [6, 6.07) is 12.8. The van der Waals surface area contributed by atoms with Gasteiger partial charge in [-0.3, -0.25) is 14.9 Å². The van der Waals surface area contributed by atoms with Gasteiger partial charge in [0, 0.05) is 46.5 Å². The fraction of sp³-hybridized carbons (Fsp3) is 0.318. The number of aromatic nitrogens is 1. The van der Waals surface area contributed by atoms with Crippen LogP contribution in [0.5, 0.6) is 11.5 Å². The van der Waals surface area contributed by atoms with E-state index in [1.165, 1.54) is 0 Å². The molecule has 3 unspecified atom stereocenters. The second-order valence-electron chi connectivity index (χ2n) is 7.36. The van der Waals surface area contributed by atoms with Gasteiger partial charge in [-0.05, 0) is 17.7 Å². The lowest BCUT2D eigenvalue weighted by molar-refractivity contribution is -0.497. The first kappa shape index (κ1) is 19.8. The van der Waals surface area contributed by atoms with Gasteiger partial charge in [0.15, 0.2) is 11.5 Å². The summed E-state index contributed by atoms with van der Waals surface area (Å²) < 4.78 is 11.1. The maximum absolute atomic E-state index is 12.5. The lowest BCUT2D eigenvalue weighted by atomic mass is 9.89. The third-order valence-electron chi connectivity index (χ3n) is 5.65. The Balaban J connectivity index is 1.69. The molecule has 0 aliphatic heterocycles. The van der Waals surface area contributed by atoms with Crippen molar-refractivity contribution in [2.45, 2.75) is 18.4 Å². The van der Waals surface area contributed by atoms with Crippen molar-refractivity contribution in [3.05, 3.63) is 69.9 Å². The number of benzene rings is 2. The number of para-hydroxylation sites is 2. The summed E-state index contributed by atoms with van der Waals surface area (Å²) in [4.78, 5) is 26.3. The van der Waals surface area contributed by atoms with Crippen LogP contribution >= 0.6 is 0 Å². The van der Waals surface area contributed by atoms with E-state index in [-0.39, 0.29) is 23.3 Å². The summed E-state index contributed by atoms with van der Waals surface area (Å²) in [5.74, 6) is 0.114. The molecule has 1 fully saturated rings. The molecule has 156 valence electrons. The lowest BCUT2D eigenvalue weighted by Crippen LogP contribution is -2.31. The van der Waals surface area contributed by atoms with Gasteiger partial charge in [-0.1, -0.05) is 30.3 Å². The van der Waals surface area contributed by atoms with Gasteiger partial charge in [0.2, 0.25) is 11.9 Å². The number of hydrogen-bond donors (Lipinski definition) is 2. The van der Waals surface area contributed by atoms with Gasteiger partial charge in [-0.2, -0.15) is 0 Å². The Hall–Kier alpha value is -3.55. The second kappa shape index (κ2) is 8.06. The van der Waals surface area contributed by atoms with E-state index in [9.17, 15) is 14.9 Å². The number of hydrogen-bond acceptors (Lipinski definition) is 5. The average molecular weight is 409 g/mol. The van der Waals surface area contributed by atoms with Crippen molar-refractivity contribution in [2.75, 3.05) is 20.8 Å². The van der Waals surface area contributed by atoms with E-state index in [1.807, 2.05) is 48.7 Å². The van der Waals surface area contributed by atoms with E-state index in [1.54, 1.807) is 14.2 Å². The third kappa shape index (κ3) is 3.56. The molecule has 2 aromatic carbocycles. The zero-order valence-corrected chi connectivity index (χ0v) is 16.8. The average Bonchev–Trinajstić information content (AvgIpc) is 3.47. The van der Waals surface area contributed by atoms with Crippen molar-refractivity contribution in [3.63, 3.8) is 0 Å². The summed E-state index contributed by atoms with van der Waals surface area (Å²) >= 11 is 0. The molecule has 3 atom stereocenters. The lowest BCUT2D eigenvalue weighted by Gasteiger charge is -2.22. The number of carbonyl (C=O) groups excluding carboxylic acids is 1. The number of aromatic amines is 1. The quantitative estimate of drug-likeness (QED) is 0.439. The van der Waals surface area contributed by atoms with Crippen LogP contribution in [-0.2, 0) is 4.79 Å². The van der Waals surface area contributed by atoms with Gasteiger partial charge in [-0.15, -0.1) is 0 Å². The summed E-state index contributed by atoms with van der Waals surface area (Å²) in [7, 11) is 3.16. The molecule has 1 aromatic heterocycles. The van der Waals surface area contributed by atoms with Crippen molar-refractivity contribution in [1.82, 2.24) is 10.3 Å². The number of H-pyrrole nitrogens is 1. The molecule has 1 saturated carbocycles. The molecule has 1 aliphatic carbocycles. The van der Waals surface area contributed by atoms with Crippen LogP contribution in [0.2, 0.25) is 0 Å². The second-order valence-corrected chi connectivity index (χ2v) is 7.36. The summed E-state index contributed by atoms with van der Waals surface area (Å²) in [5, 5.41) is 14.9. The third-order valence-corrected chi connectivity index (χ3v) is 5.65. The van der Waals surface area contributed by atoms with Gasteiger partial charge in [-0.25, -0.2) is 0 Å². The molecular formula is C22H23N3O5. The largest absolute Gasteiger partial charge is 0.493 e. The molecule has 2 N–H and O–H groups in total. The first-order chi connectivity index (χ1) is 14.5. The van der Waals surface area contributed by atoms with Gasteiger partial charge in [0.1, 0.15) is 5.92 Å². The summed E-state index contributed by atoms with van der Waals surface area (Å²) in [6.07, 6.45) is 2.22. The van der Waals surface area contributed by atoms with Crippen molar-refractivity contribution in [1.29, 1.82) is 0 Å². The number of nitrogens with zero attached hydrogens (tertiary/aromatic N) is 1. The number of nitro groups is 1. The topological polar surface area (TPSA) is 106 Å². The van der Waals surface area contributed by atoms with E-state index < -0.39 is 12.0 Å². The number of carbonyl (C=O) groups is 1. The van der Waals surface area contributed by atoms with E-state index in [0.717, 1.165) is 22.0 Å². The summed E-state index contributed by atoms with van der Waals surface area (Å²) in [5.41, 5.74) is 2.85. The van der Waals surface area contributed by atoms with Crippen LogP contribution in [0.4, 0.5) is 0 Å². The van der Waals surface area contributed by atoms with Gasteiger partial charge >= 0.3 is 0 Å². The molecular weight excluding hydrogens is 386 g/mol. The molecule has 0 bridgehead atoms. The Morgan fingerprint density at radius 2 is 2.00 bits per heavy atom. The predicted molar refractivity (Wildman–Crippen MR) is 112 cm³/mol. The standard InChI is InChI=1S/C22H23N3O5/c1-29-20-9-5-7-14(21(20)30-2)17(12-24-22(26)15-10-19(15)25(27)28)16-11-23-18-8-4-3-6-13(16)18/h3-9,11,15,17,19,23H,10,12H2,1-2H3,(H,24,26). The normalized spacial score (nSPS) is 18.6. The molecule has 8 nitrogen and oxygen atoms in total. The van der Waals surface area contributed by atoms with Crippen molar-refractivity contribution < 1.29 is 19.2 Å². The fourth-order valence-electron chi connectivity index (χ4n) is 3.99. The van der Waals surface area contributed by atoms with Crippen molar-refractivity contribution in [3.8, 4) is 11.5 Å². The molecule has 0 spiro atoms. The minimum Gasteiger partial charge on any atom is -0.493 e. The molecule has 1 heterocycles. The molecule has 0 saturated heterocycles. The summed E-state index contributed by atoms with van der Waals surface area (Å²) in [6.45, 7) is 0.283. The van der Waals surface area contributed by atoms with Crippen molar-refractivity contribution >= 4 is 16.8 Å².